The normalized spacial score (nSPS) is 21.2. The molecule has 1 rings (SSSR count). The predicted molar refractivity (Wildman–Crippen MR) is 71.9 cm³/mol. The predicted octanol–water partition coefficient (Wildman–Crippen LogP) is 0.440. The van der Waals surface area contributed by atoms with Crippen molar-refractivity contribution in [2.45, 2.75) is 45.3 Å². The van der Waals surface area contributed by atoms with E-state index in [0.29, 0.717) is 0 Å². The van der Waals surface area contributed by atoms with Crippen molar-refractivity contribution < 1.29 is 17.9 Å². The first-order chi connectivity index (χ1) is 8.83. The van der Waals surface area contributed by atoms with Crippen LogP contribution in [0, 0.1) is 0 Å². The van der Waals surface area contributed by atoms with Crippen molar-refractivity contribution in [1.29, 1.82) is 0 Å². The van der Waals surface area contributed by atoms with E-state index in [4.69, 9.17) is 4.74 Å². The van der Waals surface area contributed by atoms with Crippen molar-refractivity contribution in [3.63, 3.8) is 0 Å². The minimum atomic E-state index is -3.84. The molecule has 0 aromatic carbocycles. The molecule has 1 amide bonds. The molecule has 0 bridgehead atoms. The van der Waals surface area contributed by atoms with Crippen LogP contribution in [0.4, 0.5) is 4.79 Å². The molecule has 0 radical (unpaired) electrons. The maximum atomic E-state index is 12.0. The van der Waals surface area contributed by atoms with Crippen molar-refractivity contribution in [2.24, 2.45) is 0 Å². The van der Waals surface area contributed by atoms with Gasteiger partial charge in [0, 0.05) is 13.1 Å². The average molecular weight is 293 g/mol. The van der Waals surface area contributed by atoms with Crippen LogP contribution in [-0.2, 0) is 14.9 Å². The topological polar surface area (TPSA) is 87.7 Å². The van der Waals surface area contributed by atoms with Crippen LogP contribution in [-0.4, -0.2) is 51.1 Å². The Morgan fingerprint density at radius 1 is 1.37 bits per heavy atom. The fraction of sp³-hybridized carbons (Fsp3) is 0.909. The lowest BCUT2D eigenvalue weighted by Crippen LogP contribution is -2.47. The number of carbonyl (C=O) groups is 1. The molecule has 2 N–H and O–H groups in total. The van der Waals surface area contributed by atoms with E-state index in [-0.39, 0.29) is 12.1 Å². The summed E-state index contributed by atoms with van der Waals surface area (Å²) >= 11 is 0. The molecule has 1 atom stereocenters. The molecule has 1 aliphatic heterocycles. The molecule has 1 saturated heterocycles. The molecule has 7 nitrogen and oxygen atoms in total. The highest BCUT2D eigenvalue weighted by molar-refractivity contribution is 7.87. The van der Waals surface area contributed by atoms with Gasteiger partial charge in [0.2, 0.25) is 0 Å². The molecule has 1 aliphatic rings. The largest absolute Gasteiger partial charge is 0.446 e. The third-order valence-corrected chi connectivity index (χ3v) is 4.47. The number of nitrogens with one attached hydrogen (secondary N) is 2. The summed E-state index contributed by atoms with van der Waals surface area (Å²) in [5, 5.41) is 3.22. The monoisotopic (exact) mass is 293 g/mol. The van der Waals surface area contributed by atoms with E-state index < -0.39 is 16.3 Å². The van der Waals surface area contributed by atoms with E-state index in [2.05, 4.69) is 5.32 Å². The van der Waals surface area contributed by atoms with Crippen LogP contribution in [0.3, 0.4) is 0 Å². The van der Waals surface area contributed by atoms with Crippen LogP contribution < -0.4 is 10.0 Å². The lowest BCUT2D eigenvalue weighted by atomic mass is 10.1. The van der Waals surface area contributed by atoms with Crippen molar-refractivity contribution in [3.8, 4) is 0 Å². The van der Waals surface area contributed by atoms with Crippen LogP contribution in [0.1, 0.15) is 33.1 Å². The highest BCUT2D eigenvalue weighted by Gasteiger charge is 2.28. The number of amides is 1. The molecule has 112 valence electrons. The summed E-state index contributed by atoms with van der Waals surface area (Å²) < 4.78 is 32.0. The van der Waals surface area contributed by atoms with E-state index in [9.17, 15) is 13.2 Å². The van der Waals surface area contributed by atoms with Gasteiger partial charge in [0.1, 0.15) is 0 Å². The number of carbonyl (C=O) groups excluding carboxylic acids is 1. The zero-order valence-corrected chi connectivity index (χ0v) is 12.5. The van der Waals surface area contributed by atoms with Crippen molar-refractivity contribution in [3.05, 3.63) is 0 Å². The summed E-state index contributed by atoms with van der Waals surface area (Å²) in [4.78, 5) is 11.4. The molecule has 1 fully saturated rings. The molecule has 0 spiro atoms. The van der Waals surface area contributed by atoms with Gasteiger partial charge in [0.15, 0.2) is 0 Å². The summed E-state index contributed by atoms with van der Waals surface area (Å²) in [7, 11) is -2.35. The first-order valence-corrected chi connectivity index (χ1v) is 7.94. The number of nitrogens with zero attached hydrogens (tertiary/aromatic N) is 1. The Hall–Kier alpha value is -0.860. The molecule has 19 heavy (non-hydrogen) atoms. The van der Waals surface area contributed by atoms with Gasteiger partial charge in [0.25, 0.3) is 0 Å². The maximum Gasteiger partial charge on any atom is 0.422 e. The minimum Gasteiger partial charge on any atom is -0.446 e. The molecule has 0 saturated carbocycles. The molecule has 0 aromatic heterocycles. The third kappa shape index (κ3) is 5.33. The zero-order valence-electron chi connectivity index (χ0n) is 11.7. The first-order valence-electron chi connectivity index (χ1n) is 6.50. The van der Waals surface area contributed by atoms with Crippen molar-refractivity contribution in [2.75, 3.05) is 20.1 Å². The van der Waals surface area contributed by atoms with Crippen LogP contribution >= 0.6 is 0 Å². The summed E-state index contributed by atoms with van der Waals surface area (Å²) in [5.74, 6) is 0. The summed E-state index contributed by atoms with van der Waals surface area (Å²) in [6.07, 6.45) is 1.14. The second-order valence-electron chi connectivity index (χ2n) is 4.91. The number of hydrogen-bond donors (Lipinski definition) is 2. The molecule has 1 unspecified atom stereocenters. The summed E-state index contributed by atoms with van der Waals surface area (Å²) in [6.45, 7) is 4.99. The number of ether oxygens (including phenoxy) is 1. The Morgan fingerprint density at radius 2 is 2.05 bits per heavy atom. The van der Waals surface area contributed by atoms with Crippen LogP contribution in [0.15, 0.2) is 0 Å². The van der Waals surface area contributed by atoms with Gasteiger partial charge >= 0.3 is 16.3 Å². The highest BCUT2D eigenvalue weighted by atomic mass is 32.2. The first kappa shape index (κ1) is 16.2. The Labute approximate surface area is 114 Å². The molecular weight excluding hydrogens is 270 g/mol. The van der Waals surface area contributed by atoms with E-state index in [0.717, 1.165) is 32.4 Å². The van der Waals surface area contributed by atoms with Gasteiger partial charge in [-0.2, -0.15) is 12.7 Å². The zero-order chi connectivity index (χ0) is 14.5. The number of hydrogen-bond acceptors (Lipinski definition) is 5. The Balaban J connectivity index is 2.62. The molecular formula is C11H23N3O4S. The van der Waals surface area contributed by atoms with E-state index >= 15 is 0 Å². The van der Waals surface area contributed by atoms with Crippen LogP contribution in [0.2, 0.25) is 0 Å². The van der Waals surface area contributed by atoms with Crippen LogP contribution in [0.5, 0.6) is 0 Å². The second-order valence-corrected chi connectivity index (χ2v) is 6.64. The molecule has 0 aliphatic carbocycles. The summed E-state index contributed by atoms with van der Waals surface area (Å²) in [5.41, 5.74) is 0. The number of rotatable bonds is 4. The van der Waals surface area contributed by atoms with E-state index in [1.165, 1.54) is 11.4 Å². The fourth-order valence-electron chi connectivity index (χ4n) is 1.98. The van der Waals surface area contributed by atoms with Gasteiger partial charge in [-0.3, -0.25) is 0 Å². The van der Waals surface area contributed by atoms with Gasteiger partial charge < -0.3 is 10.1 Å². The quantitative estimate of drug-likeness (QED) is 0.785. The van der Waals surface area contributed by atoms with Gasteiger partial charge in [-0.15, -0.1) is 0 Å². The lowest BCUT2D eigenvalue weighted by Gasteiger charge is -2.26. The van der Waals surface area contributed by atoms with Gasteiger partial charge in [-0.25, -0.2) is 9.52 Å². The average Bonchev–Trinajstić information content (AvgIpc) is 2.54. The van der Waals surface area contributed by atoms with Gasteiger partial charge in [-0.05, 0) is 46.2 Å². The third-order valence-electron chi connectivity index (χ3n) is 2.99. The summed E-state index contributed by atoms with van der Waals surface area (Å²) in [6, 6.07) is -0.0978. The highest BCUT2D eigenvalue weighted by Crippen LogP contribution is 2.14. The van der Waals surface area contributed by atoms with Gasteiger partial charge in [0.05, 0.1) is 6.10 Å². The lowest BCUT2D eigenvalue weighted by molar-refractivity contribution is 0.121. The van der Waals surface area contributed by atoms with E-state index in [1.54, 1.807) is 13.8 Å². The molecule has 8 heteroatoms. The smallest absolute Gasteiger partial charge is 0.422 e. The second kappa shape index (κ2) is 7.06. The molecule has 0 aromatic rings. The Bertz CT molecular complexity index is 389. The van der Waals surface area contributed by atoms with E-state index in [1.807, 2.05) is 4.72 Å². The molecule has 1 heterocycles. The van der Waals surface area contributed by atoms with Crippen LogP contribution in [0.25, 0.3) is 0 Å². The maximum absolute atomic E-state index is 12.0. The van der Waals surface area contributed by atoms with Crippen molar-refractivity contribution >= 4 is 16.3 Å². The Morgan fingerprint density at radius 3 is 2.68 bits per heavy atom. The SMILES string of the molecule is CC(C)OC(=O)NS(=O)(=O)N(C)C1CCCNCC1. The standard InChI is InChI=1S/C11H23N3O4S/c1-9(2)18-11(15)13-19(16,17)14(3)10-5-4-7-12-8-6-10/h9-10,12H,4-8H2,1-3H3,(H,13,15). The minimum absolute atomic E-state index is 0.0978. The van der Waals surface area contributed by atoms with Crippen molar-refractivity contribution in [1.82, 2.24) is 14.3 Å². The Kier molecular flexibility index (Phi) is 6.02. The van der Waals surface area contributed by atoms with Gasteiger partial charge in [-0.1, -0.05) is 0 Å². The fourth-order valence-corrected chi connectivity index (χ4v) is 2.98.